The predicted octanol–water partition coefficient (Wildman–Crippen LogP) is 3.05. The van der Waals surface area contributed by atoms with Crippen LogP contribution in [-0.2, 0) is 4.79 Å². The second kappa shape index (κ2) is 6.44. The number of anilines is 1. The Morgan fingerprint density at radius 3 is 3.19 bits per heavy atom. The Labute approximate surface area is 134 Å². The van der Waals surface area contributed by atoms with Crippen LogP contribution in [0, 0.1) is 0 Å². The Bertz CT molecular complexity index is 540. The molecule has 0 aliphatic carbocycles. The first-order chi connectivity index (χ1) is 10.2. The van der Waals surface area contributed by atoms with Crippen molar-refractivity contribution in [3.8, 4) is 0 Å². The topological polar surface area (TPSA) is 36.4 Å². The molecular weight excluding hydrogens is 306 g/mol. The van der Waals surface area contributed by atoms with E-state index in [9.17, 15) is 4.79 Å². The van der Waals surface area contributed by atoms with Crippen LogP contribution in [0.5, 0.6) is 0 Å². The highest BCUT2D eigenvalue weighted by Gasteiger charge is 2.32. The minimum absolute atomic E-state index is 0.290. The highest BCUT2D eigenvalue weighted by molar-refractivity contribution is 7.99. The molecule has 6 heteroatoms. The Kier molecular flexibility index (Phi) is 4.60. The third-order valence-corrected chi connectivity index (χ3v) is 5.34. The molecular formula is C15H20ClN3OS. The molecule has 1 atom stereocenters. The highest BCUT2D eigenvalue weighted by atomic mass is 35.5. The van der Waals surface area contributed by atoms with E-state index < -0.39 is 0 Å². The van der Waals surface area contributed by atoms with Crippen LogP contribution in [-0.4, -0.2) is 47.2 Å². The number of carbonyl (C=O) groups excluding carboxylic acids is 1. The summed E-state index contributed by atoms with van der Waals surface area (Å²) in [5, 5.41) is 0.691. The van der Waals surface area contributed by atoms with Gasteiger partial charge in [-0.2, -0.15) is 0 Å². The molecule has 114 valence electrons. The summed E-state index contributed by atoms with van der Waals surface area (Å²) in [6.07, 6.45) is 4.38. The zero-order valence-corrected chi connectivity index (χ0v) is 13.8. The Balaban J connectivity index is 1.79. The summed E-state index contributed by atoms with van der Waals surface area (Å²) < 4.78 is 0. The Morgan fingerprint density at radius 2 is 2.38 bits per heavy atom. The second-order valence-corrected chi connectivity index (χ2v) is 7.12. The lowest BCUT2D eigenvalue weighted by atomic mass is 10.1. The largest absolute Gasteiger partial charge is 0.349 e. The van der Waals surface area contributed by atoms with Crippen LogP contribution in [0.2, 0.25) is 5.02 Å². The summed E-state index contributed by atoms with van der Waals surface area (Å²) in [7, 11) is 0. The average molecular weight is 326 g/mol. The molecule has 3 heterocycles. The van der Waals surface area contributed by atoms with E-state index in [0.29, 0.717) is 23.4 Å². The molecule has 21 heavy (non-hydrogen) atoms. The van der Waals surface area contributed by atoms with Crippen molar-refractivity contribution in [1.82, 2.24) is 9.88 Å². The van der Waals surface area contributed by atoms with E-state index in [2.05, 4.69) is 16.8 Å². The zero-order chi connectivity index (χ0) is 14.8. The summed E-state index contributed by atoms with van der Waals surface area (Å²) in [6, 6.07) is 2.38. The quantitative estimate of drug-likeness (QED) is 0.837. The first kappa shape index (κ1) is 15.0. The maximum absolute atomic E-state index is 12.1. The fourth-order valence-corrected chi connectivity index (χ4v) is 4.36. The van der Waals surface area contributed by atoms with E-state index in [1.165, 1.54) is 4.90 Å². The van der Waals surface area contributed by atoms with Gasteiger partial charge in [-0.3, -0.25) is 4.79 Å². The molecule has 3 rings (SSSR count). The minimum Gasteiger partial charge on any atom is -0.349 e. The van der Waals surface area contributed by atoms with E-state index in [-0.39, 0.29) is 0 Å². The molecule has 1 fully saturated rings. The van der Waals surface area contributed by atoms with Gasteiger partial charge in [0.2, 0.25) is 5.91 Å². The van der Waals surface area contributed by atoms with Gasteiger partial charge in [-0.1, -0.05) is 18.5 Å². The number of hydrogen-bond acceptors (Lipinski definition) is 4. The van der Waals surface area contributed by atoms with Crippen LogP contribution < -0.4 is 4.90 Å². The molecule has 0 bridgehead atoms. The SMILES string of the molecule is CCCC(=O)N1CCN2c3ncc(Cl)cc3SCCC2C1. The second-order valence-electron chi connectivity index (χ2n) is 5.55. The molecule has 0 radical (unpaired) electrons. The van der Waals surface area contributed by atoms with Crippen LogP contribution >= 0.6 is 23.4 Å². The maximum Gasteiger partial charge on any atom is 0.222 e. The number of nitrogens with zero attached hydrogens (tertiary/aromatic N) is 3. The monoisotopic (exact) mass is 325 g/mol. The number of aromatic nitrogens is 1. The number of carbonyl (C=O) groups is 1. The highest BCUT2D eigenvalue weighted by Crippen LogP contribution is 2.37. The molecule has 0 aromatic carbocycles. The molecule has 0 spiro atoms. The number of thioether (sulfide) groups is 1. The van der Waals surface area contributed by atoms with Crippen LogP contribution in [0.4, 0.5) is 5.82 Å². The van der Waals surface area contributed by atoms with E-state index in [4.69, 9.17) is 11.6 Å². The van der Waals surface area contributed by atoms with Gasteiger partial charge in [0.05, 0.1) is 9.92 Å². The van der Waals surface area contributed by atoms with Gasteiger partial charge in [0.15, 0.2) is 0 Å². The number of halogens is 1. The summed E-state index contributed by atoms with van der Waals surface area (Å²) in [5.41, 5.74) is 0. The lowest BCUT2D eigenvalue weighted by Crippen LogP contribution is -2.55. The predicted molar refractivity (Wildman–Crippen MR) is 87.2 cm³/mol. The molecule has 2 aliphatic rings. The van der Waals surface area contributed by atoms with Crippen molar-refractivity contribution >= 4 is 35.1 Å². The number of fused-ring (bicyclic) bond motifs is 3. The van der Waals surface area contributed by atoms with Gasteiger partial charge in [0.1, 0.15) is 5.82 Å². The first-order valence-corrected chi connectivity index (χ1v) is 8.88. The van der Waals surface area contributed by atoms with Gasteiger partial charge in [0.25, 0.3) is 0 Å². The van der Waals surface area contributed by atoms with Crippen molar-refractivity contribution in [2.45, 2.75) is 37.1 Å². The minimum atomic E-state index is 0.290. The van der Waals surface area contributed by atoms with Gasteiger partial charge in [0, 0.05) is 44.0 Å². The molecule has 1 aromatic rings. The number of rotatable bonds is 2. The van der Waals surface area contributed by atoms with Crippen LogP contribution in [0.15, 0.2) is 17.2 Å². The zero-order valence-electron chi connectivity index (χ0n) is 12.2. The molecule has 1 aromatic heterocycles. The number of pyridine rings is 1. The molecule has 1 unspecified atom stereocenters. The summed E-state index contributed by atoms with van der Waals surface area (Å²) in [5.74, 6) is 2.37. The van der Waals surface area contributed by atoms with Gasteiger partial charge in [-0.15, -0.1) is 11.8 Å². The smallest absolute Gasteiger partial charge is 0.222 e. The maximum atomic E-state index is 12.1. The summed E-state index contributed by atoms with van der Waals surface area (Å²) in [4.78, 5) is 22.2. The standard InChI is InChI=1S/C15H20ClN3OS/c1-2-3-14(20)18-5-6-19-12(10-18)4-7-21-13-8-11(16)9-17-15(13)19/h8-9,12H,2-7,10H2,1H3. The Morgan fingerprint density at radius 1 is 1.52 bits per heavy atom. The van der Waals surface area contributed by atoms with E-state index in [0.717, 1.165) is 44.0 Å². The third-order valence-electron chi connectivity index (χ3n) is 4.08. The van der Waals surface area contributed by atoms with E-state index in [1.807, 2.05) is 22.7 Å². The summed E-state index contributed by atoms with van der Waals surface area (Å²) >= 11 is 7.87. The number of hydrogen-bond donors (Lipinski definition) is 0. The lowest BCUT2D eigenvalue weighted by molar-refractivity contribution is -0.132. The molecule has 4 nitrogen and oxygen atoms in total. The van der Waals surface area contributed by atoms with E-state index in [1.54, 1.807) is 6.20 Å². The molecule has 0 saturated carbocycles. The van der Waals surface area contributed by atoms with Crippen molar-refractivity contribution in [2.75, 3.05) is 30.3 Å². The van der Waals surface area contributed by atoms with Gasteiger partial charge in [-0.05, 0) is 18.9 Å². The van der Waals surface area contributed by atoms with Crippen molar-refractivity contribution < 1.29 is 4.79 Å². The normalized spacial score (nSPS) is 21.5. The van der Waals surface area contributed by atoms with Gasteiger partial charge in [-0.25, -0.2) is 4.98 Å². The third kappa shape index (κ3) is 3.14. The van der Waals surface area contributed by atoms with Crippen LogP contribution in [0.3, 0.4) is 0 Å². The van der Waals surface area contributed by atoms with Crippen molar-refractivity contribution in [3.63, 3.8) is 0 Å². The molecule has 2 aliphatic heterocycles. The summed E-state index contributed by atoms with van der Waals surface area (Å²) in [6.45, 7) is 4.54. The fourth-order valence-electron chi connectivity index (χ4n) is 3.02. The number of piperazine rings is 1. The average Bonchev–Trinajstić information content (AvgIpc) is 2.65. The molecule has 1 amide bonds. The van der Waals surface area contributed by atoms with Crippen LogP contribution in [0.25, 0.3) is 0 Å². The van der Waals surface area contributed by atoms with Crippen LogP contribution in [0.1, 0.15) is 26.2 Å². The Hall–Kier alpha value is -0.940. The fraction of sp³-hybridized carbons (Fsp3) is 0.600. The van der Waals surface area contributed by atoms with Crippen molar-refractivity contribution in [3.05, 3.63) is 17.3 Å². The van der Waals surface area contributed by atoms with E-state index >= 15 is 0 Å². The van der Waals surface area contributed by atoms with Gasteiger partial charge >= 0.3 is 0 Å². The van der Waals surface area contributed by atoms with Crippen molar-refractivity contribution in [2.24, 2.45) is 0 Å². The molecule has 0 N–H and O–H groups in total. The lowest BCUT2D eigenvalue weighted by Gasteiger charge is -2.41. The first-order valence-electron chi connectivity index (χ1n) is 7.51. The molecule has 1 saturated heterocycles. The van der Waals surface area contributed by atoms with Crippen molar-refractivity contribution in [1.29, 1.82) is 0 Å². The van der Waals surface area contributed by atoms with Gasteiger partial charge < -0.3 is 9.80 Å². The number of amides is 1.